The molecule has 84 valence electrons. The second kappa shape index (κ2) is 5.16. The predicted molar refractivity (Wildman–Crippen MR) is 61.4 cm³/mol. The molecule has 0 unspecified atom stereocenters. The normalized spacial score (nSPS) is 25.5. The molecule has 1 aliphatic heterocycles. The summed E-state index contributed by atoms with van der Waals surface area (Å²) in [5, 5.41) is 0. The van der Waals surface area contributed by atoms with Gasteiger partial charge in [0.15, 0.2) is 0 Å². The van der Waals surface area contributed by atoms with Crippen molar-refractivity contribution in [3.8, 4) is 0 Å². The molecule has 1 heterocycles. The van der Waals surface area contributed by atoms with Gasteiger partial charge in [0.25, 0.3) is 0 Å². The maximum atomic E-state index is 5.31. The van der Waals surface area contributed by atoms with Crippen LogP contribution in [0.5, 0.6) is 0 Å². The summed E-state index contributed by atoms with van der Waals surface area (Å²) in [6.45, 7) is 10.8. The standard InChI is InChI=1S/C11H20O.C2H6/c1-9(2)10-3-5-11(6-4-10)7-12-8-11;1-2/h9-10H,3-8H2,1-2H3;1-2H3. The first-order valence-corrected chi connectivity index (χ1v) is 6.30. The molecule has 0 radical (unpaired) electrons. The Labute approximate surface area is 89.2 Å². The zero-order valence-corrected chi connectivity index (χ0v) is 10.3. The highest BCUT2D eigenvalue weighted by molar-refractivity contribution is 4.90. The van der Waals surface area contributed by atoms with Crippen molar-refractivity contribution in [2.45, 2.75) is 53.4 Å². The van der Waals surface area contributed by atoms with Gasteiger partial charge in [0.05, 0.1) is 13.2 Å². The molecule has 1 saturated carbocycles. The molecule has 0 amide bonds. The minimum Gasteiger partial charge on any atom is -0.380 e. The maximum absolute atomic E-state index is 5.31. The minimum absolute atomic E-state index is 0.644. The maximum Gasteiger partial charge on any atom is 0.0544 e. The molecule has 0 N–H and O–H groups in total. The van der Waals surface area contributed by atoms with Gasteiger partial charge >= 0.3 is 0 Å². The van der Waals surface area contributed by atoms with E-state index in [0.717, 1.165) is 25.0 Å². The Kier molecular flexibility index (Phi) is 4.43. The molecule has 1 nitrogen and oxygen atoms in total. The van der Waals surface area contributed by atoms with Crippen LogP contribution in [0.3, 0.4) is 0 Å². The van der Waals surface area contributed by atoms with Gasteiger partial charge in [-0.15, -0.1) is 0 Å². The summed E-state index contributed by atoms with van der Waals surface area (Å²) in [7, 11) is 0. The molecule has 0 aromatic heterocycles. The lowest BCUT2D eigenvalue weighted by Crippen LogP contribution is -2.45. The van der Waals surface area contributed by atoms with Crippen molar-refractivity contribution in [3.63, 3.8) is 0 Å². The zero-order chi connectivity index (χ0) is 10.6. The first-order chi connectivity index (χ1) is 6.72. The highest BCUT2D eigenvalue weighted by atomic mass is 16.5. The fourth-order valence-electron chi connectivity index (χ4n) is 2.60. The van der Waals surface area contributed by atoms with Crippen LogP contribution >= 0.6 is 0 Å². The molecule has 0 aromatic carbocycles. The quantitative estimate of drug-likeness (QED) is 0.621. The summed E-state index contributed by atoms with van der Waals surface area (Å²) >= 11 is 0. The van der Waals surface area contributed by atoms with Gasteiger partial charge in [0, 0.05) is 5.41 Å². The molecule has 14 heavy (non-hydrogen) atoms. The Hall–Kier alpha value is -0.0400. The number of rotatable bonds is 1. The lowest BCUT2D eigenvalue weighted by atomic mass is 9.67. The van der Waals surface area contributed by atoms with Crippen molar-refractivity contribution in [3.05, 3.63) is 0 Å². The molecule has 2 rings (SSSR count). The molecule has 1 aliphatic carbocycles. The van der Waals surface area contributed by atoms with Crippen LogP contribution in [-0.2, 0) is 4.74 Å². The smallest absolute Gasteiger partial charge is 0.0544 e. The van der Waals surface area contributed by atoms with Gasteiger partial charge in [-0.1, -0.05) is 27.7 Å². The molecular weight excluding hydrogens is 172 g/mol. The van der Waals surface area contributed by atoms with Crippen LogP contribution in [0.15, 0.2) is 0 Å². The molecule has 1 heteroatoms. The third-order valence-corrected chi connectivity index (χ3v) is 3.85. The van der Waals surface area contributed by atoms with Gasteiger partial charge in [-0.3, -0.25) is 0 Å². The molecular formula is C13H26O. The Bertz CT molecular complexity index is 149. The zero-order valence-electron chi connectivity index (χ0n) is 10.3. The molecule has 1 saturated heterocycles. The Morgan fingerprint density at radius 2 is 1.57 bits per heavy atom. The van der Waals surface area contributed by atoms with E-state index in [-0.39, 0.29) is 0 Å². The second-order valence-electron chi connectivity index (χ2n) is 5.07. The SMILES string of the molecule is CC.CC(C)C1CCC2(CC1)COC2. The van der Waals surface area contributed by atoms with E-state index < -0.39 is 0 Å². The molecule has 2 fully saturated rings. The Balaban J connectivity index is 0.000000461. The highest BCUT2D eigenvalue weighted by Crippen LogP contribution is 2.45. The van der Waals surface area contributed by atoms with Crippen molar-refractivity contribution in [2.24, 2.45) is 17.3 Å². The van der Waals surface area contributed by atoms with Crippen molar-refractivity contribution < 1.29 is 4.74 Å². The van der Waals surface area contributed by atoms with Crippen molar-refractivity contribution in [1.82, 2.24) is 0 Å². The topological polar surface area (TPSA) is 9.23 Å². The Morgan fingerprint density at radius 3 is 1.86 bits per heavy atom. The molecule has 2 aliphatic rings. The van der Waals surface area contributed by atoms with Crippen LogP contribution in [0.4, 0.5) is 0 Å². The average molecular weight is 198 g/mol. The van der Waals surface area contributed by atoms with Crippen LogP contribution in [0.2, 0.25) is 0 Å². The molecule has 1 spiro atoms. The number of ether oxygens (including phenoxy) is 1. The van der Waals surface area contributed by atoms with E-state index in [4.69, 9.17) is 4.74 Å². The summed E-state index contributed by atoms with van der Waals surface area (Å²) in [6.07, 6.45) is 5.74. The highest BCUT2D eigenvalue weighted by Gasteiger charge is 2.41. The van der Waals surface area contributed by atoms with Gasteiger partial charge in [-0.05, 0) is 37.5 Å². The number of hydrogen-bond donors (Lipinski definition) is 0. The lowest BCUT2D eigenvalue weighted by Gasteiger charge is -2.47. The van der Waals surface area contributed by atoms with E-state index in [1.807, 2.05) is 13.8 Å². The van der Waals surface area contributed by atoms with Crippen molar-refractivity contribution in [2.75, 3.05) is 13.2 Å². The fourth-order valence-corrected chi connectivity index (χ4v) is 2.60. The minimum atomic E-state index is 0.644. The van der Waals surface area contributed by atoms with Gasteiger partial charge in [-0.25, -0.2) is 0 Å². The number of hydrogen-bond acceptors (Lipinski definition) is 1. The van der Waals surface area contributed by atoms with E-state index in [0.29, 0.717) is 5.41 Å². The van der Waals surface area contributed by atoms with E-state index in [2.05, 4.69) is 13.8 Å². The first kappa shape index (κ1) is 12.0. The van der Waals surface area contributed by atoms with Crippen LogP contribution in [-0.4, -0.2) is 13.2 Å². The van der Waals surface area contributed by atoms with E-state index in [9.17, 15) is 0 Å². The summed E-state index contributed by atoms with van der Waals surface area (Å²) < 4.78 is 5.31. The van der Waals surface area contributed by atoms with Crippen LogP contribution in [0, 0.1) is 17.3 Å². The molecule has 0 bridgehead atoms. The van der Waals surface area contributed by atoms with Gasteiger partial charge in [0.1, 0.15) is 0 Å². The average Bonchev–Trinajstić information content (AvgIpc) is 2.19. The monoisotopic (exact) mass is 198 g/mol. The first-order valence-electron chi connectivity index (χ1n) is 6.30. The van der Waals surface area contributed by atoms with E-state index in [1.165, 1.54) is 25.7 Å². The largest absolute Gasteiger partial charge is 0.380 e. The van der Waals surface area contributed by atoms with Crippen molar-refractivity contribution in [1.29, 1.82) is 0 Å². The second-order valence-corrected chi connectivity index (χ2v) is 5.07. The van der Waals surface area contributed by atoms with Crippen molar-refractivity contribution >= 4 is 0 Å². The third-order valence-electron chi connectivity index (χ3n) is 3.85. The predicted octanol–water partition coefficient (Wildman–Crippen LogP) is 3.88. The van der Waals surface area contributed by atoms with E-state index in [1.54, 1.807) is 0 Å². The summed E-state index contributed by atoms with van der Waals surface area (Å²) in [5.41, 5.74) is 0.644. The fraction of sp³-hybridized carbons (Fsp3) is 1.00. The summed E-state index contributed by atoms with van der Waals surface area (Å²) in [4.78, 5) is 0. The van der Waals surface area contributed by atoms with Crippen LogP contribution in [0.25, 0.3) is 0 Å². The summed E-state index contributed by atoms with van der Waals surface area (Å²) in [6, 6.07) is 0. The molecule has 0 aromatic rings. The van der Waals surface area contributed by atoms with Crippen LogP contribution in [0.1, 0.15) is 53.4 Å². The molecule has 0 atom stereocenters. The van der Waals surface area contributed by atoms with Gasteiger partial charge in [0.2, 0.25) is 0 Å². The van der Waals surface area contributed by atoms with E-state index >= 15 is 0 Å². The van der Waals surface area contributed by atoms with Gasteiger partial charge < -0.3 is 4.74 Å². The Morgan fingerprint density at radius 1 is 1.07 bits per heavy atom. The third kappa shape index (κ3) is 2.50. The van der Waals surface area contributed by atoms with Crippen LogP contribution < -0.4 is 0 Å². The summed E-state index contributed by atoms with van der Waals surface area (Å²) in [5.74, 6) is 1.89. The van der Waals surface area contributed by atoms with Gasteiger partial charge in [-0.2, -0.15) is 0 Å². The lowest BCUT2D eigenvalue weighted by molar-refractivity contribution is -0.138.